The maximum Gasteiger partial charge on any atom is 0.119 e. The van der Waals surface area contributed by atoms with Gasteiger partial charge < -0.3 is 25.7 Å². The molecule has 0 amide bonds. The van der Waals surface area contributed by atoms with E-state index in [0.717, 1.165) is 0 Å². The number of aliphatic hydroxyl groups excluding tert-OH is 2. The number of aromatic hydroxyl groups is 2. The van der Waals surface area contributed by atoms with Crippen LogP contribution in [-0.2, 0) is 0 Å². The Labute approximate surface area is 106 Å². The molecule has 0 fully saturated rings. The van der Waals surface area contributed by atoms with Crippen LogP contribution in [0.25, 0.3) is 0 Å². The van der Waals surface area contributed by atoms with E-state index in [2.05, 4.69) is 5.32 Å². The summed E-state index contributed by atoms with van der Waals surface area (Å²) in [7, 11) is 0. The van der Waals surface area contributed by atoms with Crippen molar-refractivity contribution in [1.82, 2.24) is 5.32 Å². The number of hydrogen-bond acceptors (Lipinski definition) is 5. The van der Waals surface area contributed by atoms with E-state index in [4.69, 9.17) is 5.11 Å². The zero-order valence-electron chi connectivity index (χ0n) is 9.50. The number of halogens is 1. The van der Waals surface area contributed by atoms with Crippen molar-refractivity contribution in [3.05, 3.63) is 23.8 Å². The second-order valence-corrected chi connectivity index (χ2v) is 3.81. The predicted molar refractivity (Wildman–Crippen MR) is 66.5 cm³/mol. The van der Waals surface area contributed by atoms with Crippen LogP contribution < -0.4 is 5.32 Å². The SMILES string of the molecule is CC(O)CNCC(O)c1cc(O)cc(O)c1.Cl. The summed E-state index contributed by atoms with van der Waals surface area (Å²) >= 11 is 0. The summed E-state index contributed by atoms with van der Waals surface area (Å²) in [5.41, 5.74) is 0.426. The summed E-state index contributed by atoms with van der Waals surface area (Å²) in [4.78, 5) is 0. The maximum absolute atomic E-state index is 9.72. The van der Waals surface area contributed by atoms with Crippen LogP contribution in [-0.4, -0.2) is 39.6 Å². The Morgan fingerprint density at radius 3 is 2.06 bits per heavy atom. The van der Waals surface area contributed by atoms with Crippen molar-refractivity contribution in [1.29, 1.82) is 0 Å². The lowest BCUT2D eigenvalue weighted by atomic mass is 10.1. The number of benzene rings is 1. The first-order valence-electron chi connectivity index (χ1n) is 5.09. The molecule has 17 heavy (non-hydrogen) atoms. The van der Waals surface area contributed by atoms with Crippen molar-refractivity contribution in [3.8, 4) is 11.5 Å². The van der Waals surface area contributed by atoms with Gasteiger partial charge in [0.2, 0.25) is 0 Å². The summed E-state index contributed by atoms with van der Waals surface area (Å²) in [6, 6.07) is 3.96. The molecule has 0 aliphatic rings. The van der Waals surface area contributed by atoms with Crippen molar-refractivity contribution < 1.29 is 20.4 Å². The van der Waals surface area contributed by atoms with Crippen LogP contribution in [0.4, 0.5) is 0 Å². The number of phenolic OH excluding ortho intramolecular Hbond substituents is 2. The highest BCUT2D eigenvalue weighted by Gasteiger charge is 2.09. The quantitative estimate of drug-likeness (QED) is 0.534. The van der Waals surface area contributed by atoms with Crippen molar-refractivity contribution in [2.24, 2.45) is 0 Å². The Bertz CT molecular complexity index is 326. The molecule has 6 heteroatoms. The van der Waals surface area contributed by atoms with E-state index >= 15 is 0 Å². The van der Waals surface area contributed by atoms with Gasteiger partial charge in [-0.05, 0) is 24.6 Å². The third-order valence-corrected chi connectivity index (χ3v) is 2.09. The molecule has 98 valence electrons. The van der Waals surface area contributed by atoms with Crippen molar-refractivity contribution in [3.63, 3.8) is 0 Å². The topological polar surface area (TPSA) is 93.0 Å². The van der Waals surface area contributed by atoms with Gasteiger partial charge in [0, 0.05) is 19.2 Å². The molecule has 1 aromatic carbocycles. The molecular formula is C11H18ClNO4. The molecule has 5 N–H and O–H groups in total. The molecule has 0 saturated heterocycles. The highest BCUT2D eigenvalue weighted by Crippen LogP contribution is 2.24. The van der Waals surface area contributed by atoms with Crippen LogP contribution in [0.5, 0.6) is 11.5 Å². The first-order chi connectivity index (χ1) is 7.49. The Morgan fingerprint density at radius 2 is 1.59 bits per heavy atom. The van der Waals surface area contributed by atoms with Crippen LogP contribution in [0.15, 0.2) is 18.2 Å². The zero-order chi connectivity index (χ0) is 12.1. The van der Waals surface area contributed by atoms with Crippen LogP contribution >= 0.6 is 12.4 Å². The molecule has 1 aromatic rings. The molecule has 1 rings (SSSR count). The second-order valence-electron chi connectivity index (χ2n) is 3.81. The van der Waals surface area contributed by atoms with Gasteiger partial charge in [-0.15, -0.1) is 12.4 Å². The standard InChI is InChI=1S/C11H17NO4.ClH/c1-7(13)5-12-6-11(16)8-2-9(14)4-10(15)3-8;/h2-4,7,11-16H,5-6H2,1H3;1H. The Morgan fingerprint density at radius 1 is 1.06 bits per heavy atom. The Hall–Kier alpha value is -1.01. The smallest absolute Gasteiger partial charge is 0.119 e. The Kier molecular flexibility index (Phi) is 6.91. The lowest BCUT2D eigenvalue weighted by Crippen LogP contribution is -2.28. The fourth-order valence-corrected chi connectivity index (χ4v) is 1.36. The van der Waals surface area contributed by atoms with Gasteiger partial charge in [0.25, 0.3) is 0 Å². The van der Waals surface area contributed by atoms with Gasteiger partial charge in [-0.2, -0.15) is 0 Å². The normalized spacial score (nSPS) is 13.8. The number of aliphatic hydroxyl groups is 2. The van der Waals surface area contributed by atoms with E-state index < -0.39 is 12.2 Å². The van der Waals surface area contributed by atoms with E-state index in [1.807, 2.05) is 0 Å². The minimum atomic E-state index is -0.836. The van der Waals surface area contributed by atoms with Crippen molar-refractivity contribution in [2.45, 2.75) is 19.1 Å². The van der Waals surface area contributed by atoms with Crippen LogP contribution in [0.3, 0.4) is 0 Å². The predicted octanol–water partition coefficient (Wildman–Crippen LogP) is 0.523. The summed E-state index contributed by atoms with van der Waals surface area (Å²) in [5.74, 6) is -0.186. The van der Waals surface area contributed by atoms with Gasteiger partial charge in [-0.3, -0.25) is 0 Å². The van der Waals surface area contributed by atoms with Gasteiger partial charge in [-0.1, -0.05) is 0 Å². The minimum Gasteiger partial charge on any atom is -0.508 e. The number of phenols is 2. The average Bonchev–Trinajstić information content (AvgIpc) is 2.15. The molecule has 5 nitrogen and oxygen atoms in total. The number of nitrogens with one attached hydrogen (secondary N) is 1. The molecule has 0 bridgehead atoms. The molecule has 0 heterocycles. The maximum atomic E-state index is 9.72. The molecule has 0 spiro atoms. The zero-order valence-corrected chi connectivity index (χ0v) is 10.3. The minimum absolute atomic E-state index is 0. The second kappa shape index (κ2) is 7.34. The van der Waals surface area contributed by atoms with Crippen LogP contribution in [0.2, 0.25) is 0 Å². The van der Waals surface area contributed by atoms with E-state index in [9.17, 15) is 15.3 Å². The molecular weight excluding hydrogens is 246 g/mol. The third kappa shape index (κ3) is 5.74. The van der Waals surface area contributed by atoms with Gasteiger partial charge in [0.05, 0.1) is 12.2 Å². The summed E-state index contributed by atoms with van der Waals surface area (Å²) in [5, 5.41) is 40.0. The molecule has 0 saturated carbocycles. The van der Waals surface area contributed by atoms with Gasteiger partial charge in [0.15, 0.2) is 0 Å². The molecule has 2 unspecified atom stereocenters. The molecule has 0 aromatic heterocycles. The highest BCUT2D eigenvalue weighted by atomic mass is 35.5. The molecule has 2 atom stereocenters. The fourth-order valence-electron chi connectivity index (χ4n) is 1.36. The fraction of sp³-hybridized carbons (Fsp3) is 0.455. The highest BCUT2D eigenvalue weighted by molar-refractivity contribution is 5.85. The molecule has 0 aliphatic heterocycles. The lowest BCUT2D eigenvalue weighted by Gasteiger charge is -2.13. The number of rotatable bonds is 5. The van der Waals surface area contributed by atoms with Gasteiger partial charge in [0.1, 0.15) is 11.5 Å². The average molecular weight is 264 g/mol. The van der Waals surface area contributed by atoms with E-state index in [1.54, 1.807) is 6.92 Å². The van der Waals surface area contributed by atoms with E-state index in [-0.39, 0.29) is 30.5 Å². The molecule has 0 aliphatic carbocycles. The summed E-state index contributed by atoms with van der Waals surface area (Å²) < 4.78 is 0. The van der Waals surface area contributed by atoms with Gasteiger partial charge >= 0.3 is 0 Å². The summed E-state index contributed by atoms with van der Waals surface area (Å²) in [6.07, 6.45) is -1.32. The van der Waals surface area contributed by atoms with Gasteiger partial charge in [-0.25, -0.2) is 0 Å². The van der Waals surface area contributed by atoms with E-state index in [0.29, 0.717) is 12.1 Å². The van der Waals surface area contributed by atoms with Crippen molar-refractivity contribution >= 4 is 12.4 Å². The first-order valence-corrected chi connectivity index (χ1v) is 5.09. The monoisotopic (exact) mass is 263 g/mol. The first kappa shape index (κ1) is 16.0. The van der Waals surface area contributed by atoms with Crippen LogP contribution in [0, 0.1) is 0 Å². The summed E-state index contributed by atoms with van der Waals surface area (Å²) in [6.45, 7) is 2.26. The van der Waals surface area contributed by atoms with Crippen molar-refractivity contribution in [2.75, 3.05) is 13.1 Å². The Balaban J connectivity index is 0.00000256. The van der Waals surface area contributed by atoms with Crippen LogP contribution in [0.1, 0.15) is 18.6 Å². The van der Waals surface area contributed by atoms with E-state index in [1.165, 1.54) is 18.2 Å². The largest absolute Gasteiger partial charge is 0.508 e. The molecule has 0 radical (unpaired) electrons. The third-order valence-electron chi connectivity index (χ3n) is 2.09. The number of hydrogen-bond donors (Lipinski definition) is 5. The lowest BCUT2D eigenvalue weighted by molar-refractivity contribution is 0.154.